The molecule has 1 amide bonds. The summed E-state index contributed by atoms with van der Waals surface area (Å²) in [4.78, 5) is 16.1. The number of benzene rings is 3. The number of rotatable bonds is 7. The summed E-state index contributed by atoms with van der Waals surface area (Å²) in [6, 6.07) is 25.6. The van der Waals surface area contributed by atoms with Crippen LogP contribution in [0.5, 0.6) is 5.75 Å². The summed E-state index contributed by atoms with van der Waals surface area (Å²) in [6.07, 6.45) is 0. The van der Waals surface area contributed by atoms with Crippen molar-refractivity contribution in [3.8, 4) is 5.75 Å². The number of amides is 1. The van der Waals surface area contributed by atoms with E-state index in [2.05, 4.69) is 58.0 Å². The summed E-state index contributed by atoms with van der Waals surface area (Å²) >= 11 is 11.1. The Morgan fingerprint density at radius 1 is 0.971 bits per heavy atom. The third kappa shape index (κ3) is 7.18. The molecule has 0 aromatic heterocycles. The second-order valence-corrected chi connectivity index (χ2v) is 9.04. The lowest BCUT2D eigenvalue weighted by atomic mass is 10.2. The standard InChI is InChI=1S/C26H27ClN4O2S/c27-21-6-12-24(13-7-21)33-19-25(32)29-26(34)28-22-8-10-23(11-9-22)31-16-14-30(15-17-31)18-20-4-2-1-3-5-20/h1-13H,14-19H2,(H2,28,29,32,34)/p+1. The Balaban J connectivity index is 1.19. The SMILES string of the molecule is O=C(COc1ccc(Cl)cc1)NC(=S)Nc1ccc(N2CC[NH+](Cc3ccccc3)CC2)cc1. The summed E-state index contributed by atoms with van der Waals surface area (Å²) < 4.78 is 5.43. The van der Waals surface area contributed by atoms with E-state index in [1.165, 1.54) is 11.3 Å². The number of carbonyl (C=O) groups excluding carboxylic acids is 1. The molecule has 3 aromatic carbocycles. The molecule has 0 spiro atoms. The van der Waals surface area contributed by atoms with Crippen LogP contribution in [0.1, 0.15) is 5.56 Å². The second kappa shape index (κ2) is 11.8. The number of halogens is 1. The molecule has 1 saturated heterocycles. The number of ether oxygens (including phenoxy) is 1. The first kappa shape index (κ1) is 24.0. The highest BCUT2D eigenvalue weighted by atomic mass is 35.5. The van der Waals surface area contributed by atoms with Crippen molar-refractivity contribution in [1.29, 1.82) is 0 Å². The van der Waals surface area contributed by atoms with Crippen LogP contribution < -0.4 is 25.2 Å². The zero-order chi connectivity index (χ0) is 23.8. The Labute approximate surface area is 210 Å². The number of quaternary nitrogens is 1. The molecule has 0 unspecified atom stereocenters. The van der Waals surface area contributed by atoms with E-state index < -0.39 is 0 Å². The van der Waals surface area contributed by atoms with Crippen LogP contribution in [-0.4, -0.2) is 43.8 Å². The lowest BCUT2D eigenvalue weighted by molar-refractivity contribution is -0.914. The first-order valence-corrected chi connectivity index (χ1v) is 12.1. The molecule has 1 aliphatic heterocycles. The van der Waals surface area contributed by atoms with Crippen LogP contribution in [0.15, 0.2) is 78.9 Å². The third-order valence-electron chi connectivity index (χ3n) is 5.69. The normalized spacial score (nSPS) is 13.9. The van der Waals surface area contributed by atoms with Crippen molar-refractivity contribution in [3.05, 3.63) is 89.4 Å². The van der Waals surface area contributed by atoms with Gasteiger partial charge in [-0.15, -0.1) is 0 Å². The maximum Gasteiger partial charge on any atom is 0.264 e. The van der Waals surface area contributed by atoms with Gasteiger partial charge in [-0.05, 0) is 60.7 Å². The van der Waals surface area contributed by atoms with E-state index in [4.69, 9.17) is 28.6 Å². The Kier molecular flexibility index (Phi) is 8.36. The minimum absolute atomic E-state index is 0.138. The molecule has 3 aromatic rings. The summed E-state index contributed by atoms with van der Waals surface area (Å²) in [5, 5.41) is 6.52. The van der Waals surface area contributed by atoms with Crippen LogP contribution in [0.3, 0.4) is 0 Å². The third-order valence-corrected chi connectivity index (χ3v) is 6.15. The van der Waals surface area contributed by atoms with Crippen molar-refractivity contribution in [1.82, 2.24) is 5.32 Å². The molecule has 6 nitrogen and oxygen atoms in total. The van der Waals surface area contributed by atoms with Gasteiger partial charge in [-0.2, -0.15) is 0 Å². The Morgan fingerprint density at radius 2 is 1.65 bits per heavy atom. The Bertz CT molecular complexity index is 1090. The number of piperazine rings is 1. The molecule has 176 valence electrons. The molecule has 4 rings (SSSR count). The van der Waals surface area contributed by atoms with Crippen molar-refractivity contribution < 1.29 is 14.4 Å². The summed E-state index contributed by atoms with van der Waals surface area (Å²) in [7, 11) is 0. The van der Waals surface area contributed by atoms with E-state index in [-0.39, 0.29) is 17.6 Å². The van der Waals surface area contributed by atoms with E-state index >= 15 is 0 Å². The van der Waals surface area contributed by atoms with Gasteiger partial charge in [0.2, 0.25) is 0 Å². The van der Waals surface area contributed by atoms with Crippen LogP contribution in [0.4, 0.5) is 11.4 Å². The maximum atomic E-state index is 12.1. The number of nitrogens with one attached hydrogen (secondary N) is 3. The fourth-order valence-corrected chi connectivity index (χ4v) is 4.26. The lowest BCUT2D eigenvalue weighted by Crippen LogP contribution is -3.13. The van der Waals surface area contributed by atoms with Crippen LogP contribution in [0, 0.1) is 0 Å². The second-order valence-electron chi connectivity index (χ2n) is 8.19. The largest absolute Gasteiger partial charge is 0.484 e. The number of hydrogen-bond acceptors (Lipinski definition) is 4. The fourth-order valence-electron chi connectivity index (χ4n) is 3.90. The van der Waals surface area contributed by atoms with Crippen molar-refractivity contribution >= 4 is 46.2 Å². The number of anilines is 2. The molecular weight excluding hydrogens is 468 g/mol. The number of nitrogens with zero attached hydrogens (tertiary/aromatic N) is 1. The highest BCUT2D eigenvalue weighted by Crippen LogP contribution is 2.18. The first-order valence-electron chi connectivity index (χ1n) is 11.3. The van der Waals surface area contributed by atoms with Crippen molar-refractivity contribution in [2.75, 3.05) is 43.0 Å². The van der Waals surface area contributed by atoms with Crippen LogP contribution in [0.2, 0.25) is 5.02 Å². The van der Waals surface area contributed by atoms with Gasteiger partial charge in [0.15, 0.2) is 11.7 Å². The molecule has 1 heterocycles. The van der Waals surface area contributed by atoms with Crippen LogP contribution in [-0.2, 0) is 11.3 Å². The molecule has 0 bridgehead atoms. The smallest absolute Gasteiger partial charge is 0.264 e. The molecule has 0 saturated carbocycles. The highest BCUT2D eigenvalue weighted by Gasteiger charge is 2.20. The fraction of sp³-hybridized carbons (Fsp3) is 0.231. The summed E-state index contributed by atoms with van der Waals surface area (Å²) in [6.45, 7) is 5.21. The molecule has 1 fully saturated rings. The zero-order valence-corrected chi connectivity index (χ0v) is 20.4. The molecule has 3 N–H and O–H groups in total. The number of carbonyl (C=O) groups is 1. The van der Waals surface area contributed by atoms with Crippen LogP contribution in [0.25, 0.3) is 0 Å². The van der Waals surface area contributed by atoms with E-state index in [1.54, 1.807) is 29.2 Å². The van der Waals surface area contributed by atoms with Gasteiger partial charge in [0.05, 0.1) is 26.2 Å². The summed E-state index contributed by atoms with van der Waals surface area (Å²) in [5.74, 6) is 0.233. The Hall–Kier alpha value is -3.13. The zero-order valence-electron chi connectivity index (χ0n) is 18.8. The van der Waals surface area contributed by atoms with Gasteiger partial charge in [0.1, 0.15) is 12.3 Å². The minimum atomic E-state index is -0.333. The molecular formula is C26H28ClN4O2S+. The lowest BCUT2D eigenvalue weighted by Gasteiger charge is -2.33. The van der Waals surface area contributed by atoms with Crippen molar-refractivity contribution in [3.63, 3.8) is 0 Å². The van der Waals surface area contributed by atoms with Crippen molar-refractivity contribution in [2.24, 2.45) is 0 Å². The molecule has 34 heavy (non-hydrogen) atoms. The van der Waals surface area contributed by atoms with E-state index in [1.807, 2.05) is 12.1 Å². The molecule has 0 aliphatic carbocycles. The average Bonchev–Trinajstić information content (AvgIpc) is 2.85. The monoisotopic (exact) mass is 495 g/mol. The highest BCUT2D eigenvalue weighted by molar-refractivity contribution is 7.80. The average molecular weight is 496 g/mol. The van der Waals surface area contributed by atoms with E-state index in [9.17, 15) is 4.79 Å². The predicted octanol–water partition coefficient (Wildman–Crippen LogP) is 3.14. The Morgan fingerprint density at radius 3 is 2.32 bits per heavy atom. The quantitative estimate of drug-likeness (QED) is 0.440. The van der Waals surface area contributed by atoms with Gasteiger partial charge in [-0.25, -0.2) is 0 Å². The predicted molar refractivity (Wildman–Crippen MR) is 141 cm³/mol. The topological polar surface area (TPSA) is 58.0 Å². The van der Waals surface area contributed by atoms with E-state index in [0.29, 0.717) is 10.8 Å². The first-order chi connectivity index (χ1) is 16.5. The molecule has 0 atom stereocenters. The van der Waals surface area contributed by atoms with Gasteiger partial charge in [-0.3, -0.25) is 10.1 Å². The van der Waals surface area contributed by atoms with Gasteiger partial charge in [-0.1, -0.05) is 41.9 Å². The van der Waals surface area contributed by atoms with Gasteiger partial charge in [0, 0.05) is 22.0 Å². The van der Waals surface area contributed by atoms with E-state index in [0.717, 1.165) is 38.4 Å². The number of thiocarbonyl (C=S) groups is 1. The maximum absolute atomic E-state index is 12.1. The van der Waals surface area contributed by atoms with Crippen molar-refractivity contribution in [2.45, 2.75) is 6.54 Å². The molecule has 1 aliphatic rings. The van der Waals surface area contributed by atoms with Gasteiger partial charge >= 0.3 is 0 Å². The molecule has 8 heteroatoms. The summed E-state index contributed by atoms with van der Waals surface area (Å²) in [5.41, 5.74) is 3.40. The van der Waals surface area contributed by atoms with Gasteiger partial charge < -0.3 is 19.9 Å². The minimum Gasteiger partial charge on any atom is -0.484 e. The number of hydrogen-bond donors (Lipinski definition) is 3. The molecule has 0 radical (unpaired) electrons. The van der Waals surface area contributed by atoms with Crippen LogP contribution >= 0.6 is 23.8 Å². The van der Waals surface area contributed by atoms with Gasteiger partial charge in [0.25, 0.3) is 5.91 Å².